The molecule has 2 saturated heterocycles. The molecule has 2 aromatic carbocycles. The Bertz CT molecular complexity index is 957. The van der Waals surface area contributed by atoms with Crippen LogP contribution in [0.3, 0.4) is 0 Å². The summed E-state index contributed by atoms with van der Waals surface area (Å²) in [7, 11) is 0. The van der Waals surface area contributed by atoms with Crippen molar-refractivity contribution in [2.24, 2.45) is 11.8 Å². The predicted octanol–water partition coefficient (Wildman–Crippen LogP) is -0.757. The van der Waals surface area contributed by atoms with Gasteiger partial charge in [-0.05, 0) is 36.8 Å². The molecule has 0 saturated carbocycles. The zero-order chi connectivity index (χ0) is 19.3. The van der Waals surface area contributed by atoms with Crippen molar-refractivity contribution in [3.8, 4) is 5.75 Å². The molecule has 4 atom stereocenters. The number of nitrogens with zero attached hydrogens (tertiary/aromatic N) is 1. The third kappa shape index (κ3) is 2.59. The molecule has 7 heteroatoms. The number of aliphatic carboxylic acids is 1. The minimum absolute atomic E-state index is 0.0363. The summed E-state index contributed by atoms with van der Waals surface area (Å²) in [4.78, 5) is 38.9. The molecular weight excluding hydrogens is 348 g/mol. The van der Waals surface area contributed by atoms with E-state index in [1.807, 2.05) is 13.0 Å². The van der Waals surface area contributed by atoms with Gasteiger partial charge in [0.25, 0.3) is 0 Å². The number of benzene rings is 2. The average Bonchev–Trinajstić information content (AvgIpc) is 3.13. The van der Waals surface area contributed by atoms with Gasteiger partial charge in [-0.15, -0.1) is 0 Å². The van der Waals surface area contributed by atoms with Gasteiger partial charge >= 0.3 is 0 Å². The highest BCUT2D eigenvalue weighted by molar-refractivity contribution is 6.23. The average molecular weight is 366 g/mol. The molecule has 0 unspecified atom stereocenters. The fourth-order valence-corrected chi connectivity index (χ4v) is 4.24. The standard InChI is InChI=1S/C20H18N2O5/c1-10-5-4-6-11(9-10)22-18(24)14-15(19(22)25)17(20(26)27)21-16(14)12-7-2-3-8-13(12)23/h2-9,14-17,21,23H,1H3,(H,26,27)/t14-,15-,16-,17+/m1/s1. The number of para-hydroxylation sites is 1. The Labute approximate surface area is 155 Å². The van der Waals surface area contributed by atoms with Crippen LogP contribution >= 0.6 is 0 Å². The fourth-order valence-electron chi connectivity index (χ4n) is 4.24. The first-order valence-corrected chi connectivity index (χ1v) is 8.68. The van der Waals surface area contributed by atoms with Gasteiger partial charge in [-0.2, -0.15) is 0 Å². The number of phenols is 1. The number of carbonyl (C=O) groups excluding carboxylic acids is 3. The largest absolute Gasteiger partial charge is 0.544 e. The Kier molecular flexibility index (Phi) is 3.96. The van der Waals surface area contributed by atoms with Crippen LogP contribution in [0, 0.1) is 18.8 Å². The number of aromatic hydroxyl groups is 1. The van der Waals surface area contributed by atoms with Crippen LogP contribution in [0.2, 0.25) is 0 Å². The number of anilines is 1. The maximum atomic E-state index is 13.2. The van der Waals surface area contributed by atoms with Gasteiger partial charge in [-0.3, -0.25) is 9.59 Å². The number of hydrogen-bond acceptors (Lipinski definition) is 5. The van der Waals surface area contributed by atoms with E-state index in [0.717, 1.165) is 10.5 Å². The molecule has 0 bridgehead atoms. The van der Waals surface area contributed by atoms with Crippen LogP contribution in [0.15, 0.2) is 48.5 Å². The Morgan fingerprint density at radius 2 is 1.78 bits per heavy atom. The van der Waals surface area contributed by atoms with Gasteiger partial charge in [0.2, 0.25) is 11.8 Å². The number of quaternary nitrogens is 1. The first-order valence-electron chi connectivity index (χ1n) is 8.68. The fraction of sp³-hybridized carbons (Fsp3) is 0.250. The Hall–Kier alpha value is -3.19. The highest BCUT2D eigenvalue weighted by Crippen LogP contribution is 2.43. The highest BCUT2D eigenvalue weighted by Gasteiger charge is 2.63. The zero-order valence-electron chi connectivity index (χ0n) is 14.5. The molecular formula is C20H18N2O5. The summed E-state index contributed by atoms with van der Waals surface area (Å²) in [5, 5.41) is 23.3. The van der Waals surface area contributed by atoms with Crippen LogP contribution in [0.1, 0.15) is 17.2 Å². The number of carboxylic acids is 1. The van der Waals surface area contributed by atoms with Crippen molar-refractivity contribution in [3.63, 3.8) is 0 Å². The van der Waals surface area contributed by atoms with Gasteiger partial charge in [0.15, 0.2) is 0 Å². The first kappa shape index (κ1) is 17.2. The molecule has 0 aromatic heterocycles. The molecule has 2 fully saturated rings. The van der Waals surface area contributed by atoms with Crippen molar-refractivity contribution in [3.05, 3.63) is 59.7 Å². The number of nitrogens with two attached hydrogens (primary N) is 1. The minimum Gasteiger partial charge on any atom is -0.544 e. The summed E-state index contributed by atoms with van der Waals surface area (Å²) in [5.74, 6) is -4.34. The van der Waals surface area contributed by atoms with Crippen LogP contribution in [0.5, 0.6) is 5.75 Å². The minimum atomic E-state index is -1.39. The van der Waals surface area contributed by atoms with E-state index >= 15 is 0 Å². The lowest BCUT2D eigenvalue weighted by molar-refractivity contribution is -0.705. The molecule has 0 aliphatic carbocycles. The van der Waals surface area contributed by atoms with Crippen LogP contribution < -0.4 is 15.3 Å². The Morgan fingerprint density at radius 1 is 1.07 bits per heavy atom. The molecule has 2 aliphatic heterocycles. The summed E-state index contributed by atoms with van der Waals surface area (Å²) in [6.07, 6.45) is 0. The van der Waals surface area contributed by atoms with Crippen molar-refractivity contribution in [2.75, 3.05) is 4.90 Å². The first-order chi connectivity index (χ1) is 12.9. The number of fused-ring (bicyclic) bond motifs is 1. The second kappa shape index (κ2) is 6.21. The van der Waals surface area contributed by atoms with Crippen molar-refractivity contribution < 1.29 is 29.9 Å². The third-order valence-corrected chi connectivity index (χ3v) is 5.41. The Balaban J connectivity index is 1.80. The molecule has 27 heavy (non-hydrogen) atoms. The van der Waals surface area contributed by atoms with E-state index in [9.17, 15) is 24.6 Å². The highest BCUT2D eigenvalue weighted by atomic mass is 16.4. The van der Waals surface area contributed by atoms with Crippen LogP contribution in [-0.4, -0.2) is 28.9 Å². The molecule has 138 valence electrons. The second-order valence-corrected chi connectivity index (χ2v) is 7.02. The molecule has 0 radical (unpaired) electrons. The molecule has 2 amide bonds. The van der Waals surface area contributed by atoms with Crippen LogP contribution in [0.4, 0.5) is 5.69 Å². The molecule has 7 nitrogen and oxygen atoms in total. The molecule has 2 aromatic rings. The van der Waals surface area contributed by atoms with Gasteiger partial charge in [-0.1, -0.05) is 24.3 Å². The van der Waals surface area contributed by atoms with Gasteiger partial charge < -0.3 is 20.3 Å². The predicted molar refractivity (Wildman–Crippen MR) is 92.2 cm³/mol. The van der Waals surface area contributed by atoms with Gasteiger partial charge in [0.05, 0.1) is 11.3 Å². The van der Waals surface area contributed by atoms with E-state index in [-0.39, 0.29) is 5.75 Å². The lowest BCUT2D eigenvalue weighted by atomic mass is 9.86. The monoisotopic (exact) mass is 366 g/mol. The quantitative estimate of drug-likeness (QED) is 0.694. The summed E-state index contributed by atoms with van der Waals surface area (Å²) < 4.78 is 0. The summed E-state index contributed by atoms with van der Waals surface area (Å²) in [6, 6.07) is 11.5. The van der Waals surface area contributed by atoms with Crippen LogP contribution in [-0.2, 0) is 14.4 Å². The summed E-state index contributed by atoms with van der Waals surface area (Å²) in [6.45, 7) is 1.85. The van der Waals surface area contributed by atoms with Crippen molar-refractivity contribution >= 4 is 23.5 Å². The lowest BCUT2D eigenvalue weighted by Gasteiger charge is -2.21. The molecule has 0 spiro atoms. The number of phenolic OH excluding ortho intramolecular Hbond substituents is 1. The SMILES string of the molecule is Cc1cccc(N2C(=O)[C@@H]3[C@@H](C2=O)[C@@H](c2ccccc2O)[NH2+][C@@H]3C(=O)[O-])c1. The maximum Gasteiger partial charge on any atom is 0.244 e. The van der Waals surface area contributed by atoms with Crippen molar-refractivity contribution in [1.29, 1.82) is 0 Å². The molecule has 2 aliphatic rings. The molecule has 2 heterocycles. The van der Waals surface area contributed by atoms with E-state index in [0.29, 0.717) is 11.3 Å². The van der Waals surface area contributed by atoms with Gasteiger partial charge in [0, 0.05) is 0 Å². The molecule has 4 rings (SSSR count). The number of hydrogen-bond donors (Lipinski definition) is 2. The van der Waals surface area contributed by atoms with Crippen molar-refractivity contribution in [2.45, 2.75) is 19.0 Å². The Morgan fingerprint density at radius 3 is 2.44 bits per heavy atom. The number of carbonyl (C=O) groups is 3. The third-order valence-electron chi connectivity index (χ3n) is 5.41. The van der Waals surface area contributed by atoms with E-state index in [1.165, 1.54) is 11.4 Å². The number of aryl methyl sites for hydroxylation is 1. The van der Waals surface area contributed by atoms with Gasteiger partial charge in [0.1, 0.15) is 35.6 Å². The number of imide groups is 1. The van der Waals surface area contributed by atoms with Gasteiger partial charge in [-0.25, -0.2) is 4.90 Å². The van der Waals surface area contributed by atoms with Crippen molar-refractivity contribution in [1.82, 2.24) is 0 Å². The second-order valence-electron chi connectivity index (χ2n) is 7.02. The van der Waals surface area contributed by atoms with E-state index in [4.69, 9.17) is 0 Å². The maximum absolute atomic E-state index is 13.2. The van der Waals surface area contributed by atoms with E-state index in [1.54, 1.807) is 36.4 Å². The summed E-state index contributed by atoms with van der Waals surface area (Å²) >= 11 is 0. The number of carboxylic acid groups (broad SMARTS) is 1. The topological polar surface area (TPSA) is 114 Å². The number of rotatable bonds is 3. The lowest BCUT2D eigenvalue weighted by Crippen LogP contribution is -2.92. The molecule has 3 N–H and O–H groups in total. The normalized spacial score (nSPS) is 27.1. The summed E-state index contributed by atoms with van der Waals surface area (Å²) in [5.41, 5.74) is 1.74. The van der Waals surface area contributed by atoms with E-state index in [2.05, 4.69) is 0 Å². The number of amides is 2. The smallest absolute Gasteiger partial charge is 0.244 e. The van der Waals surface area contributed by atoms with E-state index < -0.39 is 41.7 Å². The van der Waals surface area contributed by atoms with Crippen LogP contribution in [0.25, 0.3) is 0 Å². The zero-order valence-corrected chi connectivity index (χ0v) is 14.5.